The molecule has 0 saturated heterocycles. The third-order valence-corrected chi connectivity index (χ3v) is 5.63. The predicted molar refractivity (Wildman–Crippen MR) is 81.8 cm³/mol. The summed E-state index contributed by atoms with van der Waals surface area (Å²) < 4.78 is 2.02. The summed E-state index contributed by atoms with van der Waals surface area (Å²) in [6.07, 6.45) is 0.826. The molecule has 0 bridgehead atoms. The standard InChI is InChI=1S/C12H10Br2ClNS/c13-8-3-4-17-12(8)6-11(16)7-1-2-10(15)9(14)5-7/h1-5,11H,6,16H2. The largest absolute Gasteiger partial charge is 0.324 e. The zero-order valence-corrected chi connectivity index (χ0v) is 13.5. The average molecular weight is 396 g/mol. The summed E-state index contributed by atoms with van der Waals surface area (Å²) >= 11 is 14.6. The molecule has 5 heteroatoms. The van der Waals surface area contributed by atoms with Gasteiger partial charge in [-0.05, 0) is 61.0 Å². The van der Waals surface area contributed by atoms with E-state index in [0.29, 0.717) is 5.02 Å². The van der Waals surface area contributed by atoms with Gasteiger partial charge in [-0.3, -0.25) is 0 Å². The Morgan fingerprint density at radius 3 is 2.59 bits per heavy atom. The van der Waals surface area contributed by atoms with Gasteiger partial charge < -0.3 is 5.73 Å². The van der Waals surface area contributed by atoms with Gasteiger partial charge in [-0.1, -0.05) is 17.7 Å². The molecular formula is C12H10Br2ClNS. The summed E-state index contributed by atoms with van der Waals surface area (Å²) in [6.45, 7) is 0. The predicted octanol–water partition coefficient (Wildman–Crippen LogP) is 5.17. The highest BCUT2D eigenvalue weighted by Gasteiger charge is 2.11. The first kappa shape index (κ1) is 13.6. The van der Waals surface area contributed by atoms with Crippen LogP contribution in [0.15, 0.2) is 38.6 Å². The Bertz CT molecular complexity index is 527. The molecule has 1 atom stereocenters. The molecule has 0 amide bonds. The maximum absolute atomic E-state index is 6.20. The summed E-state index contributed by atoms with van der Waals surface area (Å²) in [7, 11) is 0. The number of rotatable bonds is 3. The van der Waals surface area contributed by atoms with Crippen LogP contribution in [-0.4, -0.2) is 0 Å². The van der Waals surface area contributed by atoms with E-state index in [1.807, 2.05) is 24.3 Å². The first-order valence-electron chi connectivity index (χ1n) is 5.00. The van der Waals surface area contributed by atoms with Crippen molar-refractivity contribution in [3.63, 3.8) is 0 Å². The second kappa shape index (κ2) is 5.85. The van der Waals surface area contributed by atoms with Crippen molar-refractivity contribution in [3.05, 3.63) is 54.1 Å². The highest BCUT2D eigenvalue weighted by molar-refractivity contribution is 9.10. The van der Waals surface area contributed by atoms with E-state index in [9.17, 15) is 0 Å². The third-order valence-electron chi connectivity index (χ3n) is 2.47. The Morgan fingerprint density at radius 2 is 2.00 bits per heavy atom. The van der Waals surface area contributed by atoms with Crippen molar-refractivity contribution in [1.82, 2.24) is 0 Å². The fourth-order valence-corrected chi connectivity index (χ4v) is 3.62. The molecule has 0 fully saturated rings. The molecule has 0 radical (unpaired) electrons. The lowest BCUT2D eigenvalue weighted by molar-refractivity contribution is 0.728. The lowest BCUT2D eigenvalue weighted by Gasteiger charge is -2.12. The Morgan fingerprint density at radius 1 is 1.24 bits per heavy atom. The van der Waals surface area contributed by atoms with Gasteiger partial charge in [0.2, 0.25) is 0 Å². The van der Waals surface area contributed by atoms with E-state index in [-0.39, 0.29) is 6.04 Å². The minimum Gasteiger partial charge on any atom is -0.324 e. The molecule has 0 saturated carbocycles. The van der Waals surface area contributed by atoms with E-state index < -0.39 is 0 Å². The highest BCUT2D eigenvalue weighted by Crippen LogP contribution is 2.30. The second-order valence-electron chi connectivity index (χ2n) is 3.68. The molecule has 0 aliphatic rings. The number of benzene rings is 1. The van der Waals surface area contributed by atoms with Crippen LogP contribution >= 0.6 is 54.8 Å². The van der Waals surface area contributed by atoms with E-state index in [0.717, 1.165) is 20.9 Å². The van der Waals surface area contributed by atoms with Gasteiger partial charge in [0.1, 0.15) is 0 Å². The quantitative estimate of drug-likeness (QED) is 0.762. The van der Waals surface area contributed by atoms with Crippen LogP contribution < -0.4 is 5.73 Å². The molecule has 1 nitrogen and oxygen atoms in total. The monoisotopic (exact) mass is 393 g/mol. The molecular weight excluding hydrogens is 385 g/mol. The molecule has 1 aromatic heterocycles. The number of halogens is 3. The fraction of sp³-hybridized carbons (Fsp3) is 0.167. The fourth-order valence-electron chi connectivity index (χ4n) is 1.53. The Balaban J connectivity index is 2.17. The summed E-state index contributed by atoms with van der Waals surface area (Å²) in [5, 5.41) is 2.77. The van der Waals surface area contributed by atoms with Crippen molar-refractivity contribution in [2.24, 2.45) is 5.73 Å². The Kier molecular flexibility index (Phi) is 4.66. The number of hydrogen-bond acceptors (Lipinski definition) is 2. The van der Waals surface area contributed by atoms with Crippen LogP contribution in [0.3, 0.4) is 0 Å². The number of hydrogen-bond donors (Lipinski definition) is 1. The van der Waals surface area contributed by atoms with Gasteiger partial charge in [0.25, 0.3) is 0 Å². The molecule has 90 valence electrons. The molecule has 2 N–H and O–H groups in total. The lowest BCUT2D eigenvalue weighted by Crippen LogP contribution is -2.12. The molecule has 2 aromatic rings. The summed E-state index contributed by atoms with van der Waals surface area (Å²) in [4.78, 5) is 1.27. The minimum atomic E-state index is -0.0153. The van der Waals surface area contributed by atoms with Gasteiger partial charge in [0, 0.05) is 26.3 Å². The molecule has 2 rings (SSSR count). The Labute approximate surface area is 126 Å². The van der Waals surface area contributed by atoms with Crippen LogP contribution in [0.25, 0.3) is 0 Å². The molecule has 1 aromatic carbocycles. The van der Waals surface area contributed by atoms with Crippen molar-refractivity contribution < 1.29 is 0 Å². The van der Waals surface area contributed by atoms with E-state index >= 15 is 0 Å². The number of nitrogens with two attached hydrogens (primary N) is 1. The lowest BCUT2D eigenvalue weighted by atomic mass is 10.0. The second-order valence-corrected chi connectivity index (χ2v) is 6.79. The van der Waals surface area contributed by atoms with E-state index in [1.165, 1.54) is 4.88 Å². The van der Waals surface area contributed by atoms with E-state index in [1.54, 1.807) is 11.3 Å². The maximum Gasteiger partial charge on any atom is 0.0548 e. The summed E-state index contributed by atoms with van der Waals surface area (Å²) in [6, 6.07) is 7.85. The van der Waals surface area contributed by atoms with Crippen molar-refractivity contribution in [2.75, 3.05) is 0 Å². The minimum absolute atomic E-state index is 0.0153. The van der Waals surface area contributed by atoms with Crippen molar-refractivity contribution >= 4 is 54.8 Å². The van der Waals surface area contributed by atoms with Gasteiger partial charge in [-0.25, -0.2) is 0 Å². The average Bonchev–Trinajstić information content (AvgIpc) is 2.68. The van der Waals surface area contributed by atoms with Gasteiger partial charge in [-0.2, -0.15) is 0 Å². The van der Waals surface area contributed by atoms with Gasteiger partial charge in [0.05, 0.1) is 5.02 Å². The Hall–Kier alpha value is 0.130. The van der Waals surface area contributed by atoms with Crippen LogP contribution in [0.5, 0.6) is 0 Å². The van der Waals surface area contributed by atoms with Crippen LogP contribution in [0.1, 0.15) is 16.5 Å². The van der Waals surface area contributed by atoms with Crippen molar-refractivity contribution in [3.8, 4) is 0 Å². The van der Waals surface area contributed by atoms with Crippen LogP contribution in [0.2, 0.25) is 5.02 Å². The van der Waals surface area contributed by atoms with Crippen molar-refractivity contribution in [2.45, 2.75) is 12.5 Å². The normalized spacial score (nSPS) is 12.7. The summed E-state index contributed by atoms with van der Waals surface area (Å²) in [5.74, 6) is 0. The SMILES string of the molecule is NC(Cc1sccc1Br)c1ccc(Cl)c(Br)c1. The molecule has 0 aliphatic heterocycles. The smallest absolute Gasteiger partial charge is 0.0548 e. The van der Waals surface area contributed by atoms with Gasteiger partial charge in [-0.15, -0.1) is 11.3 Å². The molecule has 0 aliphatic carbocycles. The van der Waals surface area contributed by atoms with Crippen molar-refractivity contribution in [1.29, 1.82) is 0 Å². The van der Waals surface area contributed by atoms with Gasteiger partial charge in [0.15, 0.2) is 0 Å². The van der Waals surface area contributed by atoms with Crippen LogP contribution in [0.4, 0.5) is 0 Å². The molecule has 17 heavy (non-hydrogen) atoms. The molecule has 1 unspecified atom stereocenters. The zero-order chi connectivity index (χ0) is 12.4. The van der Waals surface area contributed by atoms with Gasteiger partial charge >= 0.3 is 0 Å². The topological polar surface area (TPSA) is 26.0 Å². The van der Waals surface area contributed by atoms with Crippen LogP contribution in [-0.2, 0) is 6.42 Å². The summed E-state index contributed by atoms with van der Waals surface area (Å²) in [5.41, 5.74) is 7.28. The van der Waals surface area contributed by atoms with E-state index in [2.05, 4.69) is 37.2 Å². The molecule has 0 spiro atoms. The zero-order valence-electron chi connectivity index (χ0n) is 8.79. The van der Waals surface area contributed by atoms with Crippen LogP contribution in [0, 0.1) is 0 Å². The third kappa shape index (κ3) is 3.32. The number of thiophene rings is 1. The maximum atomic E-state index is 6.20. The van der Waals surface area contributed by atoms with E-state index in [4.69, 9.17) is 17.3 Å². The first-order chi connectivity index (χ1) is 8.08. The first-order valence-corrected chi connectivity index (χ1v) is 7.84. The highest BCUT2D eigenvalue weighted by atomic mass is 79.9. The molecule has 1 heterocycles.